The normalized spacial score (nSPS) is 11.4. The van der Waals surface area contributed by atoms with Crippen molar-refractivity contribution in [3.63, 3.8) is 0 Å². The number of para-hydroxylation sites is 2. The third-order valence-corrected chi connectivity index (χ3v) is 7.36. The topological polar surface area (TPSA) is 65.6 Å². The van der Waals surface area contributed by atoms with Crippen LogP contribution in [0.4, 0.5) is 0 Å². The Kier molecular flexibility index (Phi) is 6.42. The van der Waals surface area contributed by atoms with E-state index in [4.69, 9.17) is 5.10 Å². The largest absolute Gasteiger partial charge is 0.306 e. The molecular formula is C31H23N5OS. The van der Waals surface area contributed by atoms with E-state index in [0.717, 1.165) is 43.5 Å². The highest BCUT2D eigenvalue weighted by molar-refractivity contribution is 7.99. The van der Waals surface area contributed by atoms with Gasteiger partial charge in [0.2, 0.25) is 0 Å². The van der Waals surface area contributed by atoms with Crippen LogP contribution < -0.4 is 0 Å². The van der Waals surface area contributed by atoms with Gasteiger partial charge in [0.05, 0.1) is 23.2 Å². The van der Waals surface area contributed by atoms with E-state index >= 15 is 0 Å². The molecule has 0 fully saturated rings. The number of aromatic nitrogens is 5. The summed E-state index contributed by atoms with van der Waals surface area (Å²) >= 11 is 1.60. The van der Waals surface area contributed by atoms with Gasteiger partial charge in [-0.15, -0.1) is 0 Å². The smallest absolute Gasteiger partial charge is 0.185 e. The lowest BCUT2D eigenvalue weighted by atomic mass is 10.1. The van der Waals surface area contributed by atoms with Crippen LogP contribution >= 0.6 is 11.8 Å². The molecule has 6 aromatic rings. The summed E-state index contributed by atoms with van der Waals surface area (Å²) in [6.45, 7) is 1.97. The number of hydrogen-bond acceptors (Lipinski definition) is 5. The number of carbonyl (C=O) groups excluding carboxylic acids is 1. The molecule has 7 heteroatoms. The van der Waals surface area contributed by atoms with E-state index in [1.807, 2.05) is 101 Å². The standard InChI is InChI=1S/C31H23N5OS/c1-22-27(16-17-28(37)23-12-14-25(15-13-23)35-20-19-32-21-35)31(36(34-22)26-9-3-2-4-10-26)38-29-11-5-7-24-8-6-18-33-30(24)29/h2-21H,1H3/b17-16+. The van der Waals surface area contributed by atoms with Crippen molar-refractivity contribution in [3.8, 4) is 11.4 Å². The quantitative estimate of drug-likeness (QED) is 0.170. The number of allylic oxidation sites excluding steroid dienone is 1. The summed E-state index contributed by atoms with van der Waals surface area (Å²) < 4.78 is 3.84. The third-order valence-electron chi connectivity index (χ3n) is 6.22. The van der Waals surface area contributed by atoms with Gasteiger partial charge in [-0.1, -0.05) is 48.2 Å². The van der Waals surface area contributed by atoms with Crippen molar-refractivity contribution in [3.05, 3.63) is 133 Å². The van der Waals surface area contributed by atoms with Gasteiger partial charge in [-0.3, -0.25) is 9.78 Å². The van der Waals surface area contributed by atoms with E-state index < -0.39 is 0 Å². The molecule has 0 aliphatic carbocycles. The van der Waals surface area contributed by atoms with Gasteiger partial charge < -0.3 is 4.57 Å². The summed E-state index contributed by atoms with van der Waals surface area (Å²) in [4.78, 5) is 22.8. The highest BCUT2D eigenvalue weighted by Crippen LogP contribution is 2.37. The number of imidazole rings is 1. The highest BCUT2D eigenvalue weighted by Gasteiger charge is 2.18. The number of fused-ring (bicyclic) bond motifs is 1. The van der Waals surface area contributed by atoms with E-state index in [2.05, 4.69) is 28.2 Å². The number of hydrogen-bond donors (Lipinski definition) is 0. The first-order valence-electron chi connectivity index (χ1n) is 12.1. The molecule has 0 radical (unpaired) electrons. The van der Waals surface area contributed by atoms with Crippen molar-refractivity contribution in [2.24, 2.45) is 0 Å². The minimum Gasteiger partial charge on any atom is -0.306 e. The fourth-order valence-corrected chi connectivity index (χ4v) is 5.46. The summed E-state index contributed by atoms with van der Waals surface area (Å²) in [6, 6.07) is 27.7. The molecule has 6 rings (SSSR count). The molecule has 3 aromatic heterocycles. The second-order valence-corrected chi connectivity index (χ2v) is 9.73. The molecule has 0 saturated heterocycles. The average molecular weight is 514 g/mol. The molecule has 38 heavy (non-hydrogen) atoms. The lowest BCUT2D eigenvalue weighted by molar-refractivity contribution is 0.104. The van der Waals surface area contributed by atoms with Gasteiger partial charge in [0.1, 0.15) is 5.03 Å². The molecule has 3 aromatic carbocycles. The molecule has 0 bridgehead atoms. The predicted molar refractivity (Wildman–Crippen MR) is 151 cm³/mol. The Morgan fingerprint density at radius 2 is 1.68 bits per heavy atom. The summed E-state index contributed by atoms with van der Waals surface area (Å²) in [7, 11) is 0. The molecule has 184 valence electrons. The maximum Gasteiger partial charge on any atom is 0.185 e. The molecule has 0 atom stereocenters. The van der Waals surface area contributed by atoms with Gasteiger partial charge >= 0.3 is 0 Å². The van der Waals surface area contributed by atoms with Crippen LogP contribution in [0, 0.1) is 6.92 Å². The van der Waals surface area contributed by atoms with Crippen LogP contribution in [-0.2, 0) is 0 Å². The van der Waals surface area contributed by atoms with Gasteiger partial charge in [0, 0.05) is 45.7 Å². The minimum absolute atomic E-state index is 0.0724. The molecule has 0 spiro atoms. The predicted octanol–water partition coefficient (Wildman–Crippen LogP) is 6.96. The SMILES string of the molecule is Cc1nn(-c2ccccc2)c(Sc2cccc3cccnc23)c1/C=C/C(=O)c1ccc(-n2ccnc2)cc1. The lowest BCUT2D eigenvalue weighted by Gasteiger charge is -2.10. The lowest BCUT2D eigenvalue weighted by Crippen LogP contribution is -1.98. The van der Waals surface area contributed by atoms with E-state index in [-0.39, 0.29) is 5.78 Å². The zero-order valence-corrected chi connectivity index (χ0v) is 21.4. The molecule has 0 saturated carbocycles. The van der Waals surface area contributed by atoms with Crippen LogP contribution in [0.25, 0.3) is 28.4 Å². The third kappa shape index (κ3) is 4.67. The molecule has 0 unspecified atom stereocenters. The Labute approximate surface area is 224 Å². The molecule has 3 heterocycles. The van der Waals surface area contributed by atoms with Crippen molar-refractivity contribution in [1.82, 2.24) is 24.3 Å². The van der Waals surface area contributed by atoms with Crippen molar-refractivity contribution >= 4 is 34.5 Å². The maximum absolute atomic E-state index is 13.1. The van der Waals surface area contributed by atoms with Crippen molar-refractivity contribution in [2.75, 3.05) is 0 Å². The first-order valence-corrected chi connectivity index (χ1v) is 13.0. The van der Waals surface area contributed by atoms with Crippen LogP contribution in [-0.4, -0.2) is 30.1 Å². The van der Waals surface area contributed by atoms with Crippen LogP contribution in [0.5, 0.6) is 0 Å². The number of ketones is 1. The Bertz CT molecular complexity index is 1750. The maximum atomic E-state index is 13.1. The van der Waals surface area contributed by atoms with Gasteiger partial charge in [-0.2, -0.15) is 5.10 Å². The average Bonchev–Trinajstić information content (AvgIpc) is 3.61. The Morgan fingerprint density at radius 1 is 0.868 bits per heavy atom. The van der Waals surface area contributed by atoms with Crippen LogP contribution in [0.3, 0.4) is 0 Å². The number of carbonyl (C=O) groups is 1. The zero-order valence-electron chi connectivity index (χ0n) is 20.6. The first-order chi connectivity index (χ1) is 18.7. The number of aryl methyl sites for hydroxylation is 1. The van der Waals surface area contributed by atoms with Gasteiger partial charge in [0.15, 0.2) is 5.78 Å². The van der Waals surface area contributed by atoms with E-state index in [1.54, 1.807) is 30.4 Å². The summed E-state index contributed by atoms with van der Waals surface area (Å²) in [5.41, 5.74) is 5.19. The number of rotatable bonds is 7. The second kappa shape index (κ2) is 10.3. The molecule has 0 amide bonds. The van der Waals surface area contributed by atoms with Crippen LogP contribution in [0.15, 0.2) is 126 Å². The second-order valence-electron chi connectivity index (χ2n) is 8.70. The van der Waals surface area contributed by atoms with Crippen LogP contribution in [0.2, 0.25) is 0 Å². The first kappa shape index (κ1) is 23.6. The zero-order chi connectivity index (χ0) is 25.9. The number of nitrogens with zero attached hydrogens (tertiary/aromatic N) is 5. The van der Waals surface area contributed by atoms with E-state index in [1.165, 1.54) is 0 Å². The number of benzene rings is 3. The van der Waals surface area contributed by atoms with Gasteiger partial charge in [-0.25, -0.2) is 9.67 Å². The molecule has 0 aliphatic rings. The molecule has 0 N–H and O–H groups in total. The highest BCUT2D eigenvalue weighted by atomic mass is 32.2. The van der Waals surface area contributed by atoms with Crippen molar-refractivity contribution < 1.29 is 4.79 Å². The van der Waals surface area contributed by atoms with Crippen molar-refractivity contribution in [2.45, 2.75) is 16.8 Å². The van der Waals surface area contributed by atoms with Gasteiger partial charge in [-0.05, 0) is 67.6 Å². The number of pyridine rings is 1. The molecular weight excluding hydrogens is 490 g/mol. The Balaban J connectivity index is 1.37. The van der Waals surface area contributed by atoms with Gasteiger partial charge in [0.25, 0.3) is 0 Å². The summed E-state index contributed by atoms with van der Waals surface area (Å²) in [5, 5.41) is 6.85. The van der Waals surface area contributed by atoms with E-state index in [0.29, 0.717) is 5.56 Å². The summed E-state index contributed by atoms with van der Waals surface area (Å²) in [6.07, 6.45) is 10.6. The van der Waals surface area contributed by atoms with Crippen LogP contribution in [0.1, 0.15) is 21.6 Å². The molecule has 0 aliphatic heterocycles. The minimum atomic E-state index is -0.0724. The Hall–Kier alpha value is -4.75. The molecule has 6 nitrogen and oxygen atoms in total. The monoisotopic (exact) mass is 513 g/mol. The Morgan fingerprint density at radius 3 is 2.47 bits per heavy atom. The van der Waals surface area contributed by atoms with Crippen molar-refractivity contribution in [1.29, 1.82) is 0 Å². The fourth-order valence-electron chi connectivity index (χ4n) is 4.28. The van der Waals surface area contributed by atoms with E-state index in [9.17, 15) is 4.79 Å². The fraction of sp³-hybridized carbons (Fsp3) is 0.0323. The summed E-state index contributed by atoms with van der Waals surface area (Å²) in [5.74, 6) is -0.0724.